The summed E-state index contributed by atoms with van der Waals surface area (Å²) in [5.74, 6) is 4.88. The van der Waals surface area contributed by atoms with Crippen LogP contribution in [-0.2, 0) is 22.9 Å². The SMILES string of the molecule is NOCc1cccc([N+](=O)[O-])c1COO. The fourth-order valence-electron chi connectivity index (χ4n) is 1.25. The number of hydrogen-bond acceptors (Lipinski definition) is 6. The Morgan fingerprint density at radius 1 is 1.47 bits per heavy atom. The van der Waals surface area contributed by atoms with Crippen molar-refractivity contribution < 1.29 is 19.9 Å². The molecular weight excluding hydrogens is 204 g/mol. The van der Waals surface area contributed by atoms with Crippen LogP contribution in [-0.4, -0.2) is 10.2 Å². The van der Waals surface area contributed by atoms with Gasteiger partial charge in [0.25, 0.3) is 5.69 Å². The summed E-state index contributed by atoms with van der Waals surface area (Å²) in [6, 6.07) is 4.43. The molecule has 0 saturated heterocycles. The zero-order chi connectivity index (χ0) is 11.3. The number of rotatable bonds is 5. The molecule has 0 unspecified atom stereocenters. The third-order valence-corrected chi connectivity index (χ3v) is 1.89. The van der Waals surface area contributed by atoms with Crippen LogP contribution in [0.5, 0.6) is 0 Å². The van der Waals surface area contributed by atoms with Crippen molar-refractivity contribution in [1.29, 1.82) is 0 Å². The van der Waals surface area contributed by atoms with Gasteiger partial charge in [0.1, 0.15) is 6.61 Å². The van der Waals surface area contributed by atoms with E-state index in [9.17, 15) is 10.1 Å². The lowest BCUT2D eigenvalue weighted by molar-refractivity contribution is -0.386. The molecule has 0 radical (unpaired) electrons. The van der Waals surface area contributed by atoms with Crippen LogP contribution in [0.1, 0.15) is 11.1 Å². The van der Waals surface area contributed by atoms with Gasteiger partial charge in [0.05, 0.1) is 17.1 Å². The van der Waals surface area contributed by atoms with Gasteiger partial charge in [-0.2, -0.15) is 0 Å². The second-order valence-corrected chi connectivity index (χ2v) is 2.76. The molecule has 1 aromatic rings. The minimum atomic E-state index is -0.561. The molecule has 0 atom stereocenters. The maximum atomic E-state index is 10.6. The first kappa shape index (κ1) is 11.5. The Kier molecular flexibility index (Phi) is 4.13. The Labute approximate surface area is 85.1 Å². The van der Waals surface area contributed by atoms with E-state index in [1.54, 1.807) is 6.07 Å². The highest BCUT2D eigenvalue weighted by Gasteiger charge is 2.17. The molecule has 0 aliphatic rings. The third-order valence-electron chi connectivity index (χ3n) is 1.89. The molecule has 1 rings (SSSR count). The smallest absolute Gasteiger partial charge is 0.275 e. The van der Waals surface area contributed by atoms with Crippen molar-refractivity contribution in [2.45, 2.75) is 13.2 Å². The van der Waals surface area contributed by atoms with Crippen molar-refractivity contribution in [2.75, 3.05) is 0 Å². The van der Waals surface area contributed by atoms with E-state index in [0.29, 0.717) is 5.56 Å². The molecule has 15 heavy (non-hydrogen) atoms. The molecule has 0 spiro atoms. The van der Waals surface area contributed by atoms with Gasteiger partial charge in [0.2, 0.25) is 0 Å². The van der Waals surface area contributed by atoms with Crippen LogP contribution >= 0.6 is 0 Å². The quantitative estimate of drug-likeness (QED) is 0.429. The van der Waals surface area contributed by atoms with Gasteiger partial charge in [0, 0.05) is 6.07 Å². The van der Waals surface area contributed by atoms with E-state index < -0.39 is 4.92 Å². The number of nitro groups is 1. The van der Waals surface area contributed by atoms with Gasteiger partial charge >= 0.3 is 0 Å². The summed E-state index contributed by atoms with van der Waals surface area (Å²) in [5, 5.41) is 19.0. The molecule has 0 saturated carbocycles. The van der Waals surface area contributed by atoms with Crippen LogP contribution in [0.25, 0.3) is 0 Å². The van der Waals surface area contributed by atoms with E-state index in [-0.39, 0.29) is 24.5 Å². The lowest BCUT2D eigenvalue weighted by atomic mass is 10.1. The van der Waals surface area contributed by atoms with E-state index in [0.717, 1.165) is 0 Å². The molecule has 0 heterocycles. The van der Waals surface area contributed by atoms with Gasteiger partial charge in [-0.05, 0) is 5.56 Å². The van der Waals surface area contributed by atoms with E-state index in [2.05, 4.69) is 9.73 Å². The molecule has 0 aromatic heterocycles. The highest BCUT2D eigenvalue weighted by Crippen LogP contribution is 2.23. The van der Waals surface area contributed by atoms with Gasteiger partial charge in [-0.15, -0.1) is 0 Å². The van der Waals surface area contributed by atoms with Gasteiger partial charge in [-0.1, -0.05) is 12.1 Å². The molecule has 0 aliphatic carbocycles. The van der Waals surface area contributed by atoms with E-state index >= 15 is 0 Å². The minimum Gasteiger partial charge on any atom is -0.300 e. The van der Waals surface area contributed by atoms with E-state index in [1.807, 2.05) is 0 Å². The maximum Gasteiger partial charge on any atom is 0.275 e. The van der Waals surface area contributed by atoms with E-state index in [1.165, 1.54) is 12.1 Å². The van der Waals surface area contributed by atoms with Crippen LogP contribution in [0.4, 0.5) is 5.69 Å². The Morgan fingerprint density at radius 3 is 2.73 bits per heavy atom. The average Bonchev–Trinajstić information content (AvgIpc) is 2.21. The lowest BCUT2D eigenvalue weighted by Gasteiger charge is -2.06. The summed E-state index contributed by atoms with van der Waals surface area (Å²) in [5.41, 5.74) is 0.606. The molecule has 1 aromatic carbocycles. The largest absolute Gasteiger partial charge is 0.300 e. The Hall–Kier alpha value is -1.54. The maximum absolute atomic E-state index is 10.6. The summed E-state index contributed by atoms with van der Waals surface area (Å²) in [6.45, 7) is -0.268. The highest BCUT2D eigenvalue weighted by atomic mass is 17.1. The summed E-state index contributed by atoms with van der Waals surface area (Å²) < 4.78 is 0. The number of nitrogens with zero attached hydrogens (tertiary/aromatic N) is 1. The van der Waals surface area contributed by atoms with Gasteiger partial charge in [0.15, 0.2) is 0 Å². The average molecular weight is 214 g/mol. The van der Waals surface area contributed by atoms with Gasteiger partial charge in [-0.25, -0.2) is 10.8 Å². The zero-order valence-electron chi connectivity index (χ0n) is 7.75. The van der Waals surface area contributed by atoms with Crippen molar-refractivity contribution >= 4 is 5.69 Å². The number of benzene rings is 1. The van der Waals surface area contributed by atoms with Crippen molar-refractivity contribution in [3.05, 3.63) is 39.4 Å². The summed E-state index contributed by atoms with van der Waals surface area (Å²) in [4.78, 5) is 18.4. The number of nitro benzene ring substituents is 1. The van der Waals surface area contributed by atoms with Crippen LogP contribution in [0.15, 0.2) is 18.2 Å². The predicted octanol–water partition coefficient (Wildman–Crippen LogP) is 0.975. The van der Waals surface area contributed by atoms with Crippen LogP contribution in [0.3, 0.4) is 0 Å². The van der Waals surface area contributed by atoms with Gasteiger partial charge < -0.3 is 0 Å². The molecular formula is C8H10N2O5. The topological polar surface area (TPSA) is 108 Å². The zero-order valence-corrected chi connectivity index (χ0v) is 7.75. The molecule has 0 fully saturated rings. The van der Waals surface area contributed by atoms with Crippen LogP contribution in [0, 0.1) is 10.1 Å². The second kappa shape index (κ2) is 5.37. The molecule has 82 valence electrons. The van der Waals surface area contributed by atoms with Crippen molar-refractivity contribution in [3.63, 3.8) is 0 Å². The first-order valence-electron chi connectivity index (χ1n) is 4.04. The molecule has 0 aliphatic heterocycles. The fourth-order valence-corrected chi connectivity index (χ4v) is 1.25. The Balaban J connectivity index is 3.15. The standard InChI is InChI=1S/C8H10N2O5/c9-14-4-6-2-1-3-8(10(11)12)7(6)5-15-13/h1-3,13H,4-5,9H2. The summed E-state index contributed by atoms with van der Waals surface area (Å²) >= 11 is 0. The highest BCUT2D eigenvalue weighted by molar-refractivity contribution is 5.44. The minimum absolute atomic E-state index is 0.0143. The monoisotopic (exact) mass is 214 g/mol. The predicted molar refractivity (Wildman–Crippen MR) is 49.5 cm³/mol. The molecule has 0 bridgehead atoms. The Bertz CT molecular complexity index is 355. The molecule has 0 amide bonds. The summed E-state index contributed by atoms with van der Waals surface area (Å²) in [6.07, 6.45) is 0. The van der Waals surface area contributed by atoms with Crippen molar-refractivity contribution in [3.8, 4) is 0 Å². The third kappa shape index (κ3) is 2.70. The fraction of sp³-hybridized carbons (Fsp3) is 0.250. The van der Waals surface area contributed by atoms with Crippen LogP contribution < -0.4 is 5.90 Å². The van der Waals surface area contributed by atoms with Crippen molar-refractivity contribution in [2.24, 2.45) is 5.90 Å². The molecule has 7 nitrogen and oxygen atoms in total. The number of nitrogens with two attached hydrogens (primary N) is 1. The Morgan fingerprint density at radius 2 is 2.20 bits per heavy atom. The lowest BCUT2D eigenvalue weighted by Crippen LogP contribution is -2.06. The molecule has 7 heteroatoms. The van der Waals surface area contributed by atoms with E-state index in [4.69, 9.17) is 11.2 Å². The van der Waals surface area contributed by atoms with Crippen LogP contribution in [0.2, 0.25) is 0 Å². The number of hydrogen-bond donors (Lipinski definition) is 2. The van der Waals surface area contributed by atoms with Crippen molar-refractivity contribution in [1.82, 2.24) is 0 Å². The normalized spacial score (nSPS) is 10.3. The first-order valence-corrected chi connectivity index (χ1v) is 4.04. The first-order chi connectivity index (χ1) is 7.20. The van der Waals surface area contributed by atoms with Gasteiger partial charge in [-0.3, -0.25) is 20.2 Å². The molecule has 3 N–H and O–H groups in total. The summed E-state index contributed by atoms with van der Waals surface area (Å²) in [7, 11) is 0. The second-order valence-electron chi connectivity index (χ2n) is 2.76.